The van der Waals surface area contributed by atoms with Crippen LogP contribution in [-0.4, -0.2) is 24.4 Å². The molecule has 0 spiro atoms. The van der Waals surface area contributed by atoms with E-state index in [9.17, 15) is 9.59 Å². The van der Waals surface area contributed by atoms with Crippen molar-refractivity contribution >= 4 is 11.8 Å². The first-order valence-electron chi connectivity index (χ1n) is 6.08. The van der Waals surface area contributed by atoms with Crippen LogP contribution in [0.2, 0.25) is 0 Å². The lowest BCUT2D eigenvalue weighted by atomic mass is 9.84. The van der Waals surface area contributed by atoms with E-state index in [2.05, 4.69) is 10.6 Å². The van der Waals surface area contributed by atoms with Crippen molar-refractivity contribution in [3.63, 3.8) is 0 Å². The number of rotatable bonds is 5. The van der Waals surface area contributed by atoms with Crippen molar-refractivity contribution in [1.29, 1.82) is 0 Å². The van der Waals surface area contributed by atoms with E-state index in [1.165, 1.54) is 0 Å². The van der Waals surface area contributed by atoms with E-state index >= 15 is 0 Å². The summed E-state index contributed by atoms with van der Waals surface area (Å²) < 4.78 is 0. The molecule has 0 unspecified atom stereocenters. The first-order valence-corrected chi connectivity index (χ1v) is 6.08. The molecule has 0 heterocycles. The van der Waals surface area contributed by atoms with Crippen LogP contribution >= 0.6 is 0 Å². The third kappa shape index (κ3) is 3.83. The number of nitrogens with one attached hydrogen (secondary N) is 2. The predicted molar refractivity (Wildman–Crippen MR) is 62.8 cm³/mol. The van der Waals surface area contributed by atoms with Gasteiger partial charge in [0, 0.05) is 12.5 Å². The Labute approximate surface area is 97.2 Å². The molecule has 1 aliphatic rings. The van der Waals surface area contributed by atoms with Gasteiger partial charge in [0.05, 0.1) is 0 Å². The summed E-state index contributed by atoms with van der Waals surface area (Å²) in [5.41, 5.74) is 0. The maximum absolute atomic E-state index is 11.6. The van der Waals surface area contributed by atoms with Crippen molar-refractivity contribution in [2.45, 2.75) is 46.1 Å². The van der Waals surface area contributed by atoms with Crippen LogP contribution in [0.3, 0.4) is 0 Å². The Hall–Kier alpha value is -1.06. The topological polar surface area (TPSA) is 58.2 Å². The zero-order valence-electron chi connectivity index (χ0n) is 10.4. The molecule has 2 amide bonds. The number of hydrogen-bond acceptors (Lipinski definition) is 2. The zero-order chi connectivity index (χ0) is 12.1. The van der Waals surface area contributed by atoms with Gasteiger partial charge < -0.3 is 10.6 Å². The smallest absolute Gasteiger partial charge is 0.242 e. The van der Waals surface area contributed by atoms with Gasteiger partial charge in [0.1, 0.15) is 6.04 Å². The third-order valence-corrected chi connectivity index (χ3v) is 2.91. The number of hydrogen-bond donors (Lipinski definition) is 2. The van der Waals surface area contributed by atoms with E-state index in [0.29, 0.717) is 12.5 Å². The van der Waals surface area contributed by atoms with E-state index in [-0.39, 0.29) is 17.7 Å². The molecule has 1 atom stereocenters. The number of carbonyl (C=O) groups is 2. The molecule has 0 aromatic rings. The van der Waals surface area contributed by atoms with Crippen molar-refractivity contribution in [3.8, 4) is 0 Å². The molecule has 16 heavy (non-hydrogen) atoms. The second-order valence-corrected chi connectivity index (χ2v) is 5.00. The highest BCUT2D eigenvalue weighted by molar-refractivity contribution is 5.88. The lowest BCUT2D eigenvalue weighted by molar-refractivity contribution is -0.132. The molecule has 1 aliphatic carbocycles. The molecule has 0 bridgehead atoms. The van der Waals surface area contributed by atoms with Crippen molar-refractivity contribution in [2.75, 3.05) is 6.54 Å². The minimum Gasteiger partial charge on any atom is -0.354 e. The highest BCUT2D eigenvalue weighted by Crippen LogP contribution is 2.26. The average Bonchev–Trinajstić information content (AvgIpc) is 2.10. The van der Waals surface area contributed by atoms with Gasteiger partial charge in [-0.1, -0.05) is 20.3 Å². The van der Waals surface area contributed by atoms with Gasteiger partial charge in [0.15, 0.2) is 0 Å². The molecule has 1 saturated carbocycles. The summed E-state index contributed by atoms with van der Waals surface area (Å²) in [6.45, 7) is 6.46. The van der Waals surface area contributed by atoms with Crippen LogP contribution in [0.4, 0.5) is 0 Å². The summed E-state index contributed by atoms with van der Waals surface area (Å²) in [6, 6.07) is -0.424. The zero-order valence-corrected chi connectivity index (χ0v) is 10.4. The quantitative estimate of drug-likeness (QED) is 0.736. The van der Waals surface area contributed by atoms with Gasteiger partial charge in [-0.15, -0.1) is 0 Å². The van der Waals surface area contributed by atoms with E-state index < -0.39 is 6.04 Å². The standard InChI is InChI=1S/C12H22N2O2/c1-8(2)7-13-11(15)9(3)14-12(16)10-5-4-6-10/h8-10H,4-7H2,1-3H3,(H,13,15)(H,14,16)/t9-/m1/s1. The molecule has 92 valence electrons. The van der Waals surface area contributed by atoms with Gasteiger partial charge in [-0.3, -0.25) is 9.59 Å². The first kappa shape index (κ1) is 13.0. The van der Waals surface area contributed by atoms with Crippen molar-refractivity contribution in [2.24, 2.45) is 11.8 Å². The summed E-state index contributed by atoms with van der Waals surface area (Å²) in [5.74, 6) is 0.499. The van der Waals surface area contributed by atoms with E-state index in [4.69, 9.17) is 0 Å². The summed E-state index contributed by atoms with van der Waals surface area (Å²) in [7, 11) is 0. The Morgan fingerprint density at radius 2 is 1.88 bits per heavy atom. The fourth-order valence-corrected chi connectivity index (χ4v) is 1.53. The van der Waals surface area contributed by atoms with Gasteiger partial charge in [0.25, 0.3) is 0 Å². The summed E-state index contributed by atoms with van der Waals surface area (Å²) >= 11 is 0. The third-order valence-electron chi connectivity index (χ3n) is 2.91. The molecule has 4 nitrogen and oxygen atoms in total. The predicted octanol–water partition coefficient (Wildman–Crippen LogP) is 1.06. The van der Waals surface area contributed by atoms with Gasteiger partial charge in [-0.05, 0) is 25.7 Å². The fourth-order valence-electron chi connectivity index (χ4n) is 1.53. The Balaban J connectivity index is 2.24. The average molecular weight is 226 g/mol. The molecule has 2 N–H and O–H groups in total. The highest BCUT2D eigenvalue weighted by atomic mass is 16.2. The van der Waals surface area contributed by atoms with Crippen LogP contribution in [0.5, 0.6) is 0 Å². The Kier molecular flexibility index (Phi) is 4.77. The SMILES string of the molecule is CC(C)CNC(=O)[C@@H](C)NC(=O)C1CCC1. The first-order chi connectivity index (χ1) is 7.50. The molecule has 0 saturated heterocycles. The molecule has 4 heteroatoms. The van der Waals surface area contributed by atoms with Crippen LogP contribution in [0, 0.1) is 11.8 Å². The molecule has 0 aliphatic heterocycles. The maximum Gasteiger partial charge on any atom is 0.242 e. The van der Waals surface area contributed by atoms with Gasteiger partial charge >= 0.3 is 0 Å². The fraction of sp³-hybridized carbons (Fsp3) is 0.833. The van der Waals surface area contributed by atoms with E-state index in [1.807, 2.05) is 13.8 Å². The van der Waals surface area contributed by atoms with Gasteiger partial charge in [-0.2, -0.15) is 0 Å². The van der Waals surface area contributed by atoms with Crippen LogP contribution in [-0.2, 0) is 9.59 Å². The second kappa shape index (κ2) is 5.87. The van der Waals surface area contributed by atoms with Crippen LogP contribution in [0.25, 0.3) is 0 Å². The number of carbonyl (C=O) groups excluding carboxylic acids is 2. The van der Waals surface area contributed by atoms with E-state index in [1.54, 1.807) is 6.92 Å². The summed E-state index contributed by atoms with van der Waals surface area (Å²) in [4.78, 5) is 23.2. The molecular weight excluding hydrogens is 204 g/mol. The minimum atomic E-state index is -0.424. The highest BCUT2D eigenvalue weighted by Gasteiger charge is 2.27. The van der Waals surface area contributed by atoms with Crippen molar-refractivity contribution in [1.82, 2.24) is 10.6 Å². The number of amides is 2. The second-order valence-electron chi connectivity index (χ2n) is 5.00. The normalized spacial score (nSPS) is 17.8. The Morgan fingerprint density at radius 1 is 1.25 bits per heavy atom. The van der Waals surface area contributed by atoms with Crippen molar-refractivity contribution in [3.05, 3.63) is 0 Å². The lowest BCUT2D eigenvalue weighted by Gasteiger charge is -2.25. The lowest BCUT2D eigenvalue weighted by Crippen LogP contribution is -2.48. The molecule has 0 radical (unpaired) electrons. The molecule has 1 rings (SSSR count). The molecule has 0 aromatic heterocycles. The summed E-state index contributed by atoms with van der Waals surface area (Å²) in [5, 5.41) is 5.56. The van der Waals surface area contributed by atoms with E-state index in [0.717, 1.165) is 19.3 Å². The van der Waals surface area contributed by atoms with Crippen molar-refractivity contribution < 1.29 is 9.59 Å². The van der Waals surface area contributed by atoms with Crippen LogP contribution in [0.1, 0.15) is 40.0 Å². The van der Waals surface area contributed by atoms with Gasteiger partial charge in [-0.25, -0.2) is 0 Å². The maximum atomic E-state index is 11.6. The summed E-state index contributed by atoms with van der Waals surface area (Å²) in [6.07, 6.45) is 3.06. The largest absolute Gasteiger partial charge is 0.354 e. The minimum absolute atomic E-state index is 0.0263. The Bertz CT molecular complexity index is 260. The molecule has 1 fully saturated rings. The Morgan fingerprint density at radius 3 is 2.31 bits per heavy atom. The molecule has 0 aromatic carbocycles. The van der Waals surface area contributed by atoms with Crippen LogP contribution in [0.15, 0.2) is 0 Å². The van der Waals surface area contributed by atoms with Gasteiger partial charge in [0.2, 0.25) is 11.8 Å². The monoisotopic (exact) mass is 226 g/mol. The van der Waals surface area contributed by atoms with Crippen LogP contribution < -0.4 is 10.6 Å². The molecular formula is C12H22N2O2.